The summed E-state index contributed by atoms with van der Waals surface area (Å²) in [5.41, 5.74) is -0.207. The first-order valence-corrected chi connectivity index (χ1v) is 3.70. The first-order chi connectivity index (χ1) is 3.48. The van der Waals surface area contributed by atoms with Crippen LogP contribution in [0.4, 0.5) is 0 Å². The molecule has 0 spiro atoms. The molecule has 0 aliphatic carbocycles. The van der Waals surface area contributed by atoms with E-state index in [1.165, 1.54) is 0 Å². The minimum atomic E-state index is -0.207. The molecule has 48 valence electrons. The van der Waals surface area contributed by atoms with Crippen molar-refractivity contribution in [1.82, 2.24) is 4.98 Å². The minimum absolute atomic E-state index is 0.143. The third-order valence-electron chi connectivity index (χ3n) is 0.908. The molecule has 0 aliphatic rings. The molecule has 0 fully saturated rings. The first kappa shape index (κ1) is 7.69. The fraction of sp³-hybridized carbons (Fsp3) is 0.800. The Labute approximate surface area is 53.2 Å². The minimum Gasteiger partial charge on any atom is -0.390 e. The Bertz CT molecular complexity index is 95.1. The average molecular weight is 131 g/mol. The van der Waals surface area contributed by atoms with E-state index in [9.17, 15) is 4.79 Å². The van der Waals surface area contributed by atoms with E-state index in [0.29, 0.717) is 0 Å². The van der Waals surface area contributed by atoms with E-state index < -0.39 is 0 Å². The second-order valence-corrected chi connectivity index (χ2v) is 3.33. The molecule has 3 heteroatoms. The molecule has 0 saturated heterocycles. The molecular weight excluding hydrogens is 118 g/mol. The molecule has 0 aromatic rings. The Hall–Kier alpha value is -0.313. The van der Waals surface area contributed by atoms with Gasteiger partial charge in [0.05, 0.1) is 0 Å². The molecule has 0 aliphatic heterocycles. The monoisotopic (exact) mass is 131 g/mol. The van der Waals surface area contributed by atoms with Crippen LogP contribution in [0, 0.1) is 5.41 Å². The van der Waals surface area contributed by atoms with Crippen LogP contribution < -0.4 is 4.98 Å². The van der Waals surface area contributed by atoms with Crippen molar-refractivity contribution < 1.29 is 4.79 Å². The highest BCUT2D eigenvalue weighted by Gasteiger charge is 2.18. The smallest absolute Gasteiger partial charge is 0.216 e. The maximum absolute atomic E-state index is 10.8. The van der Waals surface area contributed by atoms with Gasteiger partial charge in [-0.1, -0.05) is 20.8 Å². The van der Waals surface area contributed by atoms with E-state index >= 15 is 0 Å². The van der Waals surface area contributed by atoms with Crippen LogP contribution in [0.2, 0.25) is 0 Å². The maximum Gasteiger partial charge on any atom is 0.216 e. The van der Waals surface area contributed by atoms with Gasteiger partial charge in [-0.05, 0) is 0 Å². The first-order valence-electron chi connectivity index (χ1n) is 2.70. The van der Waals surface area contributed by atoms with Gasteiger partial charge in [0.2, 0.25) is 5.91 Å². The van der Waals surface area contributed by atoms with Crippen LogP contribution in [0.25, 0.3) is 0 Å². The van der Waals surface area contributed by atoms with E-state index in [1.54, 1.807) is 0 Å². The fourth-order valence-electron chi connectivity index (χ4n) is 0.375. The van der Waals surface area contributed by atoms with Crippen molar-refractivity contribution in [2.75, 3.05) is 0 Å². The number of nitrogens with one attached hydrogen (secondary N) is 1. The van der Waals surface area contributed by atoms with E-state index in [2.05, 4.69) is 4.98 Å². The van der Waals surface area contributed by atoms with Crippen molar-refractivity contribution in [2.24, 2.45) is 5.41 Å². The molecule has 0 radical (unpaired) electrons. The molecule has 0 heterocycles. The molecule has 0 saturated carbocycles. The summed E-state index contributed by atoms with van der Waals surface area (Å²) in [5, 5.41) is 0. The highest BCUT2D eigenvalue weighted by molar-refractivity contribution is 6.15. The third kappa shape index (κ3) is 2.11. The van der Waals surface area contributed by atoms with E-state index in [-0.39, 0.29) is 11.3 Å². The van der Waals surface area contributed by atoms with Crippen molar-refractivity contribution in [3.8, 4) is 0 Å². The van der Waals surface area contributed by atoms with Crippen LogP contribution in [0.5, 0.6) is 0 Å². The maximum atomic E-state index is 10.8. The van der Waals surface area contributed by atoms with Crippen molar-refractivity contribution in [1.29, 1.82) is 0 Å². The number of amides is 1. The Morgan fingerprint density at radius 2 is 1.88 bits per heavy atom. The van der Waals surface area contributed by atoms with Gasteiger partial charge in [0, 0.05) is 5.41 Å². The van der Waals surface area contributed by atoms with Crippen LogP contribution >= 0.6 is 0 Å². The van der Waals surface area contributed by atoms with Gasteiger partial charge < -0.3 is 4.98 Å². The van der Waals surface area contributed by atoms with Crippen LogP contribution in [0.1, 0.15) is 20.8 Å². The molecule has 0 atom stereocenters. The summed E-state index contributed by atoms with van der Waals surface area (Å²) >= 11 is 0. The number of hydrogen-bond acceptors (Lipinski definition) is 1. The van der Waals surface area contributed by atoms with Crippen molar-refractivity contribution in [3.05, 3.63) is 0 Å². The molecule has 1 N–H and O–H groups in total. The van der Waals surface area contributed by atoms with Crippen molar-refractivity contribution in [2.45, 2.75) is 20.8 Å². The number of carbonyl (C=O) groups is 1. The zero-order valence-corrected chi connectivity index (χ0v) is 7.91. The van der Waals surface area contributed by atoms with Gasteiger partial charge in [-0.25, -0.2) is 0 Å². The van der Waals surface area contributed by atoms with E-state index in [1.807, 2.05) is 20.8 Å². The van der Waals surface area contributed by atoms with Crippen LogP contribution in [0.3, 0.4) is 0 Å². The SMILES string of the molecule is CC(C)(C)C(=O)N[SiH3]. The quantitative estimate of drug-likeness (QED) is 0.438. The summed E-state index contributed by atoms with van der Waals surface area (Å²) in [4.78, 5) is 13.5. The predicted octanol–water partition coefficient (Wildman–Crippen LogP) is -0.571. The largest absolute Gasteiger partial charge is 0.390 e. The number of rotatable bonds is 0. The van der Waals surface area contributed by atoms with Crippen LogP contribution in [0.15, 0.2) is 0 Å². The Morgan fingerprint density at radius 1 is 1.50 bits per heavy atom. The zero-order chi connectivity index (χ0) is 6.78. The Morgan fingerprint density at radius 3 is 1.88 bits per heavy atom. The molecule has 0 bridgehead atoms. The average Bonchev–Trinajstić information content (AvgIpc) is 1.62. The second kappa shape index (κ2) is 2.30. The molecular formula is C5H13NOSi. The lowest BCUT2D eigenvalue weighted by Crippen LogP contribution is -2.32. The third-order valence-corrected chi connectivity index (χ3v) is 1.36. The summed E-state index contributed by atoms with van der Waals surface area (Å²) in [6.45, 7) is 5.71. The van der Waals surface area contributed by atoms with Crippen molar-refractivity contribution >= 4 is 16.3 Å². The summed E-state index contributed by atoms with van der Waals surface area (Å²) in [5.74, 6) is 0.143. The van der Waals surface area contributed by atoms with Gasteiger partial charge in [-0.2, -0.15) is 0 Å². The molecule has 0 unspecified atom stereocenters. The molecule has 0 rings (SSSR count). The highest BCUT2D eigenvalue weighted by atomic mass is 28.2. The molecule has 8 heavy (non-hydrogen) atoms. The normalized spacial score (nSPS) is 11.4. The van der Waals surface area contributed by atoms with Crippen LogP contribution in [-0.4, -0.2) is 16.3 Å². The summed E-state index contributed by atoms with van der Waals surface area (Å²) < 4.78 is 0. The van der Waals surface area contributed by atoms with Gasteiger partial charge in [0.1, 0.15) is 10.4 Å². The summed E-state index contributed by atoms with van der Waals surface area (Å²) in [7, 11) is 0.754. The highest BCUT2D eigenvalue weighted by Crippen LogP contribution is 2.11. The van der Waals surface area contributed by atoms with Gasteiger partial charge >= 0.3 is 0 Å². The van der Waals surface area contributed by atoms with Gasteiger partial charge in [0.25, 0.3) is 0 Å². The predicted molar refractivity (Wildman–Crippen MR) is 37.5 cm³/mol. The topological polar surface area (TPSA) is 29.1 Å². The number of hydrogen-bond donors (Lipinski definition) is 1. The second-order valence-electron chi connectivity index (χ2n) is 2.83. The lowest BCUT2D eigenvalue weighted by molar-refractivity contribution is -0.126. The van der Waals surface area contributed by atoms with E-state index in [4.69, 9.17) is 0 Å². The van der Waals surface area contributed by atoms with Crippen LogP contribution in [-0.2, 0) is 4.79 Å². The summed E-state index contributed by atoms with van der Waals surface area (Å²) in [6.07, 6.45) is 0. The molecule has 1 amide bonds. The lowest BCUT2D eigenvalue weighted by atomic mass is 9.96. The van der Waals surface area contributed by atoms with Crippen molar-refractivity contribution in [3.63, 3.8) is 0 Å². The Kier molecular flexibility index (Phi) is 2.21. The van der Waals surface area contributed by atoms with E-state index in [0.717, 1.165) is 10.4 Å². The number of carbonyl (C=O) groups excluding carboxylic acids is 1. The zero-order valence-electron chi connectivity index (χ0n) is 5.91. The molecule has 0 aromatic carbocycles. The van der Waals surface area contributed by atoms with Gasteiger partial charge in [0.15, 0.2) is 0 Å². The molecule has 0 aromatic heterocycles. The Balaban J connectivity index is 3.82. The fourth-order valence-corrected chi connectivity index (χ4v) is 1.12. The van der Waals surface area contributed by atoms with Gasteiger partial charge in [-0.3, -0.25) is 4.79 Å². The summed E-state index contributed by atoms with van der Waals surface area (Å²) in [6, 6.07) is 0. The van der Waals surface area contributed by atoms with Gasteiger partial charge in [-0.15, -0.1) is 0 Å². The molecule has 2 nitrogen and oxygen atoms in total. The lowest BCUT2D eigenvalue weighted by Gasteiger charge is -2.14. The standard InChI is InChI=1S/C5H13NOSi/c1-5(2,3)4(7)6-8/h1-3,8H3,(H,6,7).